The molecule has 0 bridgehead atoms. The summed E-state index contributed by atoms with van der Waals surface area (Å²) in [5.74, 6) is 0.887. The maximum absolute atomic E-state index is 8.88. The average molecular weight is 364 g/mol. The van der Waals surface area contributed by atoms with Crippen molar-refractivity contribution < 1.29 is 14.6 Å². The quantitative estimate of drug-likeness (QED) is 0.841. The van der Waals surface area contributed by atoms with E-state index in [1.807, 2.05) is 29.9 Å². The molecule has 2 atom stereocenters. The summed E-state index contributed by atoms with van der Waals surface area (Å²) in [6.45, 7) is 3.50. The Morgan fingerprint density at radius 2 is 2.26 bits per heavy atom. The summed E-state index contributed by atoms with van der Waals surface area (Å²) in [7, 11) is 0. The second-order valence-corrected chi connectivity index (χ2v) is 5.52. The van der Waals surface area contributed by atoms with Gasteiger partial charge in [-0.25, -0.2) is 0 Å². The molecule has 0 spiro atoms. The number of ether oxygens (including phenoxy) is 2. The number of benzene rings is 1. The van der Waals surface area contributed by atoms with Gasteiger partial charge in [0.2, 0.25) is 0 Å². The molecule has 0 saturated carbocycles. The van der Waals surface area contributed by atoms with Gasteiger partial charge in [-0.05, 0) is 19.1 Å². The maximum atomic E-state index is 8.88. The number of aliphatic hydroxyl groups is 1. The summed E-state index contributed by atoms with van der Waals surface area (Å²) in [5, 5.41) is 14.4. The molecule has 1 aromatic heterocycles. The van der Waals surface area contributed by atoms with Crippen molar-refractivity contribution >= 4 is 35.7 Å². The largest absolute Gasteiger partial charge is 0.491 e. The first-order valence-electron chi connectivity index (χ1n) is 7.27. The summed E-state index contributed by atoms with van der Waals surface area (Å²) in [4.78, 5) is 0. The molecule has 1 aromatic carbocycles. The normalized spacial score (nSPS) is 17.6. The summed E-state index contributed by atoms with van der Waals surface area (Å²) < 4.78 is 13.3. The Labute approximate surface area is 147 Å². The second kappa shape index (κ2) is 8.70. The van der Waals surface area contributed by atoms with Crippen LogP contribution in [0.4, 0.5) is 0 Å². The molecule has 0 amide bonds. The molecule has 2 aromatic rings. The van der Waals surface area contributed by atoms with Gasteiger partial charge in [0.15, 0.2) is 0 Å². The summed E-state index contributed by atoms with van der Waals surface area (Å²) in [6.07, 6.45) is 2.59. The molecule has 0 fully saturated rings. The number of halogens is 2. The van der Waals surface area contributed by atoms with Crippen LogP contribution in [0.25, 0.3) is 10.9 Å². The number of aliphatic hydroxyl groups excluding tert-OH is 1. The van der Waals surface area contributed by atoms with Crippen LogP contribution < -0.4 is 10.5 Å². The zero-order valence-electron chi connectivity index (χ0n) is 13.0. The number of aromatic nitrogens is 2. The number of nitrogens with zero attached hydrogens (tertiary/aromatic N) is 2. The fourth-order valence-electron chi connectivity index (χ4n) is 2.77. The van der Waals surface area contributed by atoms with E-state index in [-0.39, 0.29) is 43.6 Å². The highest BCUT2D eigenvalue weighted by atomic mass is 35.5. The standard InChI is InChI=1S/C15H21N3O3.2ClH/c1-10(16)8-18-15-11(7-17-18)2-3-14-13(15)6-12(9-21-14)20-5-4-19;;/h2-3,7,10,12,19H,4-6,8-9,16H2,1H3;2*1H. The molecule has 1 aliphatic heterocycles. The van der Waals surface area contributed by atoms with Gasteiger partial charge >= 0.3 is 0 Å². The molecule has 0 aliphatic carbocycles. The van der Waals surface area contributed by atoms with Gasteiger partial charge in [0, 0.05) is 23.4 Å². The van der Waals surface area contributed by atoms with Crippen LogP contribution in [0, 0.1) is 0 Å². The van der Waals surface area contributed by atoms with E-state index in [0.717, 1.165) is 28.6 Å². The van der Waals surface area contributed by atoms with Crippen molar-refractivity contribution in [3.63, 3.8) is 0 Å². The minimum absolute atomic E-state index is 0. The smallest absolute Gasteiger partial charge is 0.124 e. The Bertz CT molecular complexity index is 634. The van der Waals surface area contributed by atoms with Crippen molar-refractivity contribution in [3.05, 3.63) is 23.9 Å². The fraction of sp³-hybridized carbons (Fsp3) is 0.533. The lowest BCUT2D eigenvalue weighted by atomic mass is 10.0. The molecule has 3 N–H and O–H groups in total. The summed E-state index contributed by atoms with van der Waals surface area (Å²) in [6, 6.07) is 4.04. The number of nitrogens with two attached hydrogens (primary N) is 1. The Hall–Kier alpha value is -1.05. The van der Waals surface area contributed by atoms with Crippen LogP contribution in [0.5, 0.6) is 5.75 Å². The van der Waals surface area contributed by atoms with Crippen LogP contribution in [0.15, 0.2) is 18.3 Å². The van der Waals surface area contributed by atoms with Crippen LogP contribution >= 0.6 is 24.8 Å². The number of hydrogen-bond donors (Lipinski definition) is 2. The predicted octanol–water partition coefficient (Wildman–Crippen LogP) is 1.54. The van der Waals surface area contributed by atoms with Crippen molar-refractivity contribution in [1.29, 1.82) is 0 Å². The van der Waals surface area contributed by atoms with E-state index in [1.54, 1.807) is 0 Å². The first kappa shape index (κ1) is 20.0. The molecule has 3 rings (SSSR count). The van der Waals surface area contributed by atoms with Gasteiger partial charge in [-0.15, -0.1) is 24.8 Å². The Morgan fingerprint density at radius 3 is 2.96 bits per heavy atom. The Kier molecular flexibility index (Phi) is 7.57. The fourth-order valence-corrected chi connectivity index (χ4v) is 2.77. The molecule has 8 heteroatoms. The predicted molar refractivity (Wildman–Crippen MR) is 93.9 cm³/mol. The maximum Gasteiger partial charge on any atom is 0.124 e. The first-order valence-corrected chi connectivity index (χ1v) is 7.27. The highest BCUT2D eigenvalue weighted by molar-refractivity contribution is 5.86. The highest BCUT2D eigenvalue weighted by Crippen LogP contribution is 2.32. The lowest BCUT2D eigenvalue weighted by Gasteiger charge is -2.26. The summed E-state index contributed by atoms with van der Waals surface area (Å²) >= 11 is 0. The molecule has 0 radical (unpaired) electrons. The van der Waals surface area contributed by atoms with E-state index >= 15 is 0 Å². The zero-order chi connectivity index (χ0) is 14.8. The minimum Gasteiger partial charge on any atom is -0.491 e. The molecule has 2 heterocycles. The second-order valence-electron chi connectivity index (χ2n) is 5.52. The third-order valence-electron chi connectivity index (χ3n) is 3.63. The van der Waals surface area contributed by atoms with E-state index in [4.69, 9.17) is 20.3 Å². The molecule has 23 heavy (non-hydrogen) atoms. The van der Waals surface area contributed by atoms with Crippen LogP contribution in [0.3, 0.4) is 0 Å². The van der Waals surface area contributed by atoms with Gasteiger partial charge in [-0.3, -0.25) is 4.68 Å². The molecule has 130 valence electrons. The van der Waals surface area contributed by atoms with Crippen molar-refractivity contribution in [2.75, 3.05) is 19.8 Å². The van der Waals surface area contributed by atoms with Crippen LogP contribution in [0.1, 0.15) is 12.5 Å². The third-order valence-corrected chi connectivity index (χ3v) is 3.63. The van der Waals surface area contributed by atoms with Crippen LogP contribution in [-0.2, 0) is 17.7 Å². The lowest BCUT2D eigenvalue weighted by molar-refractivity contribution is -0.00441. The van der Waals surface area contributed by atoms with Crippen molar-refractivity contribution in [2.24, 2.45) is 5.73 Å². The van der Waals surface area contributed by atoms with E-state index in [2.05, 4.69) is 5.10 Å². The number of fused-ring (bicyclic) bond motifs is 3. The zero-order valence-corrected chi connectivity index (χ0v) is 14.6. The third kappa shape index (κ3) is 4.28. The molecular formula is C15H23Cl2N3O3. The number of hydrogen-bond acceptors (Lipinski definition) is 5. The molecule has 1 aliphatic rings. The van der Waals surface area contributed by atoms with Crippen molar-refractivity contribution in [2.45, 2.75) is 32.0 Å². The van der Waals surface area contributed by atoms with E-state index < -0.39 is 0 Å². The first-order chi connectivity index (χ1) is 10.2. The van der Waals surface area contributed by atoms with E-state index in [9.17, 15) is 0 Å². The average Bonchev–Trinajstić information content (AvgIpc) is 2.87. The van der Waals surface area contributed by atoms with Gasteiger partial charge in [0.05, 0.1) is 37.6 Å². The van der Waals surface area contributed by atoms with Gasteiger partial charge in [0.25, 0.3) is 0 Å². The SMILES string of the molecule is CC(N)Cn1ncc2ccc3c(c21)CC(OCCO)CO3.Cl.Cl. The lowest BCUT2D eigenvalue weighted by Crippen LogP contribution is -2.30. The van der Waals surface area contributed by atoms with E-state index in [0.29, 0.717) is 19.8 Å². The molecular weight excluding hydrogens is 341 g/mol. The van der Waals surface area contributed by atoms with Gasteiger partial charge in [0.1, 0.15) is 12.4 Å². The molecule has 0 saturated heterocycles. The van der Waals surface area contributed by atoms with Crippen molar-refractivity contribution in [1.82, 2.24) is 9.78 Å². The Morgan fingerprint density at radius 1 is 1.48 bits per heavy atom. The van der Waals surface area contributed by atoms with Gasteiger partial charge < -0.3 is 20.3 Å². The van der Waals surface area contributed by atoms with Crippen LogP contribution in [-0.4, -0.2) is 46.9 Å². The van der Waals surface area contributed by atoms with Gasteiger partial charge in [-0.1, -0.05) is 0 Å². The summed E-state index contributed by atoms with van der Waals surface area (Å²) in [5.41, 5.74) is 8.08. The topological polar surface area (TPSA) is 82.5 Å². The highest BCUT2D eigenvalue weighted by Gasteiger charge is 2.24. The van der Waals surface area contributed by atoms with Crippen LogP contribution in [0.2, 0.25) is 0 Å². The monoisotopic (exact) mass is 363 g/mol. The molecule has 2 unspecified atom stereocenters. The van der Waals surface area contributed by atoms with Crippen molar-refractivity contribution in [3.8, 4) is 5.75 Å². The van der Waals surface area contributed by atoms with E-state index in [1.165, 1.54) is 0 Å². The van der Waals surface area contributed by atoms with Gasteiger partial charge in [-0.2, -0.15) is 5.10 Å². The minimum atomic E-state index is -0.0334. The molecule has 6 nitrogen and oxygen atoms in total. The Balaban J connectivity index is 0.00000132. The number of rotatable bonds is 5.